The van der Waals surface area contributed by atoms with Gasteiger partial charge in [0.2, 0.25) is 0 Å². The van der Waals surface area contributed by atoms with Gasteiger partial charge in [-0.25, -0.2) is 0 Å². The van der Waals surface area contributed by atoms with Crippen molar-refractivity contribution in [3.05, 3.63) is 64.4 Å². The first-order chi connectivity index (χ1) is 8.79. The Morgan fingerprint density at radius 3 is 2.83 bits per heavy atom. The van der Waals surface area contributed by atoms with E-state index in [2.05, 4.69) is 29.4 Å². The van der Waals surface area contributed by atoms with Crippen molar-refractivity contribution in [3.8, 4) is 0 Å². The molecule has 1 N–H and O–H groups in total. The van der Waals surface area contributed by atoms with Crippen molar-refractivity contribution in [2.75, 3.05) is 6.54 Å². The van der Waals surface area contributed by atoms with Crippen LogP contribution in [0.3, 0.4) is 0 Å². The van der Waals surface area contributed by atoms with Gasteiger partial charge in [-0.05, 0) is 35.9 Å². The van der Waals surface area contributed by atoms with Gasteiger partial charge in [0.25, 0.3) is 0 Å². The van der Waals surface area contributed by atoms with E-state index in [4.69, 9.17) is 11.6 Å². The molecule has 0 atom stereocenters. The molecule has 2 aromatic rings. The predicted molar refractivity (Wildman–Crippen MR) is 75.9 cm³/mol. The average Bonchev–Trinajstić information content (AvgIpc) is 2.40. The summed E-state index contributed by atoms with van der Waals surface area (Å²) in [6, 6.07) is 12.2. The molecule has 3 heteroatoms. The van der Waals surface area contributed by atoms with E-state index >= 15 is 0 Å². The fourth-order valence-electron chi connectivity index (χ4n) is 1.85. The number of aromatic nitrogens is 1. The monoisotopic (exact) mass is 260 g/mol. The van der Waals surface area contributed by atoms with Crippen LogP contribution >= 0.6 is 11.6 Å². The Labute approximate surface area is 113 Å². The number of nitrogens with one attached hydrogen (secondary N) is 1. The van der Waals surface area contributed by atoms with Crippen molar-refractivity contribution in [1.29, 1.82) is 0 Å². The summed E-state index contributed by atoms with van der Waals surface area (Å²) in [6.07, 6.45) is 2.67. The number of halogens is 1. The topological polar surface area (TPSA) is 24.9 Å². The number of hydrogen-bond donors (Lipinski definition) is 1. The Morgan fingerprint density at radius 2 is 2.11 bits per heavy atom. The van der Waals surface area contributed by atoms with Crippen LogP contribution in [0.5, 0.6) is 0 Å². The molecule has 0 spiro atoms. The lowest BCUT2D eigenvalue weighted by Gasteiger charge is -2.08. The largest absolute Gasteiger partial charge is 0.313 e. The highest BCUT2D eigenvalue weighted by atomic mass is 35.5. The highest BCUT2D eigenvalue weighted by molar-refractivity contribution is 6.31. The molecular weight excluding hydrogens is 244 g/mol. The van der Waals surface area contributed by atoms with E-state index in [-0.39, 0.29) is 0 Å². The molecule has 0 aliphatic carbocycles. The van der Waals surface area contributed by atoms with E-state index < -0.39 is 0 Å². The third-order valence-electron chi connectivity index (χ3n) is 2.79. The summed E-state index contributed by atoms with van der Waals surface area (Å²) in [7, 11) is 0. The van der Waals surface area contributed by atoms with Crippen LogP contribution in [0.4, 0.5) is 0 Å². The second-order valence-electron chi connectivity index (χ2n) is 4.20. The van der Waals surface area contributed by atoms with Gasteiger partial charge in [0, 0.05) is 29.9 Å². The maximum Gasteiger partial charge on any atom is 0.0451 e. The van der Waals surface area contributed by atoms with Gasteiger partial charge in [-0.15, -0.1) is 0 Å². The lowest BCUT2D eigenvalue weighted by Crippen LogP contribution is -2.12. The first-order valence-corrected chi connectivity index (χ1v) is 6.55. The van der Waals surface area contributed by atoms with E-state index in [9.17, 15) is 0 Å². The molecule has 1 aromatic carbocycles. The number of rotatable bonds is 5. The Bertz CT molecular complexity index is 497. The maximum atomic E-state index is 6.18. The van der Waals surface area contributed by atoms with Gasteiger partial charge in [0.05, 0.1) is 0 Å². The van der Waals surface area contributed by atoms with Crippen LogP contribution in [-0.2, 0) is 13.0 Å². The molecule has 0 amide bonds. The fourth-order valence-corrected chi connectivity index (χ4v) is 2.03. The molecular formula is C15H17ClN2. The van der Waals surface area contributed by atoms with Crippen LogP contribution in [0.25, 0.3) is 0 Å². The molecule has 0 saturated carbocycles. The van der Waals surface area contributed by atoms with Crippen molar-refractivity contribution in [2.24, 2.45) is 0 Å². The lowest BCUT2D eigenvalue weighted by atomic mass is 10.1. The van der Waals surface area contributed by atoms with Crippen LogP contribution in [0.15, 0.2) is 42.6 Å². The van der Waals surface area contributed by atoms with Gasteiger partial charge in [-0.2, -0.15) is 0 Å². The van der Waals surface area contributed by atoms with Crippen molar-refractivity contribution in [1.82, 2.24) is 10.3 Å². The molecule has 2 nitrogen and oxygen atoms in total. The van der Waals surface area contributed by atoms with E-state index in [1.165, 1.54) is 5.56 Å². The molecule has 94 valence electrons. The van der Waals surface area contributed by atoms with Crippen molar-refractivity contribution in [3.63, 3.8) is 0 Å². The van der Waals surface area contributed by atoms with E-state index in [0.29, 0.717) is 0 Å². The third kappa shape index (κ3) is 3.56. The quantitative estimate of drug-likeness (QED) is 0.891. The van der Waals surface area contributed by atoms with Crippen LogP contribution in [0, 0.1) is 0 Å². The van der Waals surface area contributed by atoms with Gasteiger partial charge < -0.3 is 5.32 Å². The summed E-state index contributed by atoms with van der Waals surface area (Å²) < 4.78 is 0. The maximum absolute atomic E-state index is 6.18. The Balaban J connectivity index is 2.14. The van der Waals surface area contributed by atoms with Gasteiger partial charge in [-0.1, -0.05) is 36.7 Å². The smallest absolute Gasteiger partial charge is 0.0451 e. The number of pyridine rings is 1. The Morgan fingerprint density at radius 1 is 1.22 bits per heavy atom. The van der Waals surface area contributed by atoms with Crippen LogP contribution in [0.2, 0.25) is 5.02 Å². The second-order valence-corrected chi connectivity index (χ2v) is 4.61. The summed E-state index contributed by atoms with van der Waals surface area (Å²) in [5.41, 5.74) is 3.46. The van der Waals surface area contributed by atoms with Gasteiger partial charge in [-0.3, -0.25) is 4.98 Å². The van der Waals surface area contributed by atoms with E-state index in [1.54, 1.807) is 0 Å². The normalized spacial score (nSPS) is 10.6. The van der Waals surface area contributed by atoms with Crippen molar-refractivity contribution >= 4 is 11.6 Å². The van der Waals surface area contributed by atoms with Crippen LogP contribution in [-0.4, -0.2) is 11.5 Å². The number of nitrogens with zero attached hydrogens (tertiary/aromatic N) is 1. The zero-order valence-corrected chi connectivity index (χ0v) is 11.2. The molecule has 0 unspecified atom stereocenters. The molecule has 0 radical (unpaired) electrons. The number of benzene rings is 1. The summed E-state index contributed by atoms with van der Waals surface area (Å²) in [5, 5.41) is 4.12. The molecule has 1 heterocycles. The Kier molecular flexibility index (Phi) is 4.73. The van der Waals surface area contributed by atoms with Crippen molar-refractivity contribution < 1.29 is 0 Å². The first kappa shape index (κ1) is 13.1. The van der Waals surface area contributed by atoms with Gasteiger partial charge in [0.1, 0.15) is 0 Å². The summed E-state index contributed by atoms with van der Waals surface area (Å²) >= 11 is 6.18. The van der Waals surface area contributed by atoms with Crippen LogP contribution in [0.1, 0.15) is 23.7 Å². The SMILES string of the molecule is CCNCc1cc(Cc2ccccn2)ccc1Cl. The minimum Gasteiger partial charge on any atom is -0.313 e. The molecule has 2 rings (SSSR count). The van der Waals surface area contributed by atoms with Crippen molar-refractivity contribution in [2.45, 2.75) is 19.9 Å². The predicted octanol–water partition coefficient (Wildman–Crippen LogP) is 3.44. The second kappa shape index (κ2) is 6.53. The molecule has 0 bridgehead atoms. The molecule has 0 fully saturated rings. The lowest BCUT2D eigenvalue weighted by molar-refractivity contribution is 0.726. The third-order valence-corrected chi connectivity index (χ3v) is 3.16. The minimum absolute atomic E-state index is 0.811. The highest BCUT2D eigenvalue weighted by Crippen LogP contribution is 2.19. The highest BCUT2D eigenvalue weighted by Gasteiger charge is 2.03. The van der Waals surface area contributed by atoms with Gasteiger partial charge >= 0.3 is 0 Å². The van der Waals surface area contributed by atoms with E-state index in [1.807, 2.05) is 30.5 Å². The summed E-state index contributed by atoms with van der Waals surface area (Å²) in [6.45, 7) is 3.85. The Hall–Kier alpha value is -1.38. The molecule has 1 aromatic heterocycles. The number of hydrogen-bond acceptors (Lipinski definition) is 2. The van der Waals surface area contributed by atoms with Gasteiger partial charge in [0.15, 0.2) is 0 Å². The molecule has 0 aliphatic heterocycles. The van der Waals surface area contributed by atoms with E-state index in [0.717, 1.165) is 35.8 Å². The fraction of sp³-hybridized carbons (Fsp3) is 0.267. The first-order valence-electron chi connectivity index (χ1n) is 6.17. The average molecular weight is 261 g/mol. The molecule has 0 aliphatic rings. The minimum atomic E-state index is 0.811. The summed E-state index contributed by atoms with van der Waals surface area (Å²) in [5.74, 6) is 0. The molecule has 0 saturated heterocycles. The standard InChI is InChI=1S/C15H17ClN2/c1-2-17-11-13-9-12(6-7-15(13)16)10-14-5-3-4-8-18-14/h3-9,17H,2,10-11H2,1H3. The summed E-state index contributed by atoms with van der Waals surface area (Å²) in [4.78, 5) is 4.34. The van der Waals surface area contributed by atoms with Crippen LogP contribution < -0.4 is 5.32 Å². The zero-order chi connectivity index (χ0) is 12.8. The zero-order valence-electron chi connectivity index (χ0n) is 10.5. The molecule has 18 heavy (non-hydrogen) atoms.